The van der Waals surface area contributed by atoms with Crippen LogP contribution in [0.5, 0.6) is 0 Å². The summed E-state index contributed by atoms with van der Waals surface area (Å²) in [6, 6.07) is -0.885. The normalized spacial score (nSPS) is 23.9. The lowest BCUT2D eigenvalue weighted by Crippen LogP contribution is -2.46. The van der Waals surface area contributed by atoms with Crippen LogP contribution >= 0.6 is 0 Å². The molecule has 0 aromatic heterocycles. The zero-order valence-electron chi connectivity index (χ0n) is 10.5. The second-order valence-electron chi connectivity index (χ2n) is 4.69. The third kappa shape index (κ3) is 4.63. The Morgan fingerprint density at radius 2 is 2.06 bits per heavy atom. The molecule has 0 radical (unpaired) electrons. The zero-order valence-corrected chi connectivity index (χ0v) is 10.5. The molecule has 2 unspecified atom stereocenters. The van der Waals surface area contributed by atoms with E-state index in [1.165, 1.54) is 0 Å². The number of hydrogen-bond acceptors (Lipinski definition) is 2. The molecule has 1 aliphatic rings. The van der Waals surface area contributed by atoms with Crippen molar-refractivity contribution in [2.45, 2.75) is 58.0 Å². The smallest absolute Gasteiger partial charge is 0.326 e. The first-order valence-electron chi connectivity index (χ1n) is 6.38. The van der Waals surface area contributed by atoms with E-state index in [2.05, 4.69) is 17.6 Å². The van der Waals surface area contributed by atoms with E-state index < -0.39 is 12.0 Å². The highest BCUT2D eigenvalue weighted by atomic mass is 16.4. The molecule has 1 fully saturated rings. The number of hydrogen-bond donors (Lipinski definition) is 3. The van der Waals surface area contributed by atoms with Crippen LogP contribution in [0.2, 0.25) is 0 Å². The fourth-order valence-corrected chi connectivity index (χ4v) is 2.03. The minimum atomic E-state index is -0.970. The number of aliphatic carboxylic acids is 1. The van der Waals surface area contributed by atoms with Gasteiger partial charge in [0.2, 0.25) is 0 Å². The van der Waals surface area contributed by atoms with E-state index in [0.717, 1.165) is 25.7 Å². The van der Waals surface area contributed by atoms with Gasteiger partial charge in [0.1, 0.15) is 6.04 Å². The summed E-state index contributed by atoms with van der Waals surface area (Å²) in [5.74, 6) is -0.386. The second kappa shape index (κ2) is 6.47. The molecule has 0 saturated heterocycles. The molecule has 2 amide bonds. The molecule has 0 bridgehead atoms. The van der Waals surface area contributed by atoms with Gasteiger partial charge in [-0.15, -0.1) is 0 Å². The predicted octanol–water partition coefficient (Wildman–Crippen LogP) is 1.73. The summed E-state index contributed by atoms with van der Waals surface area (Å²) >= 11 is 0. The van der Waals surface area contributed by atoms with Crippen molar-refractivity contribution < 1.29 is 14.7 Å². The molecular weight excluding hydrogens is 220 g/mol. The second-order valence-corrected chi connectivity index (χ2v) is 4.69. The quantitative estimate of drug-likeness (QED) is 0.636. The number of urea groups is 1. The third-order valence-electron chi connectivity index (χ3n) is 3.08. The van der Waals surface area contributed by atoms with E-state index in [9.17, 15) is 9.59 Å². The van der Waals surface area contributed by atoms with Gasteiger partial charge in [0.05, 0.1) is 0 Å². The summed E-state index contributed by atoms with van der Waals surface area (Å²) in [7, 11) is 0. The summed E-state index contributed by atoms with van der Waals surface area (Å²) in [6.45, 7) is 4.02. The van der Waals surface area contributed by atoms with Crippen LogP contribution in [0.15, 0.2) is 0 Å². The minimum Gasteiger partial charge on any atom is -0.480 e. The van der Waals surface area contributed by atoms with Crippen molar-refractivity contribution in [2.24, 2.45) is 5.92 Å². The van der Waals surface area contributed by atoms with Crippen molar-refractivity contribution in [2.75, 3.05) is 0 Å². The van der Waals surface area contributed by atoms with Crippen molar-refractivity contribution in [3.8, 4) is 0 Å². The summed E-state index contributed by atoms with van der Waals surface area (Å²) in [5.41, 5.74) is 0. The van der Waals surface area contributed by atoms with E-state index >= 15 is 0 Å². The highest BCUT2D eigenvalue weighted by Gasteiger charge is 2.37. The van der Waals surface area contributed by atoms with E-state index in [1.807, 2.05) is 6.92 Å². The molecule has 17 heavy (non-hydrogen) atoms. The van der Waals surface area contributed by atoms with Gasteiger partial charge in [0.15, 0.2) is 0 Å². The van der Waals surface area contributed by atoms with E-state index in [1.54, 1.807) is 0 Å². The molecule has 0 aromatic carbocycles. The van der Waals surface area contributed by atoms with Gasteiger partial charge >= 0.3 is 12.0 Å². The molecule has 1 rings (SSSR count). The van der Waals surface area contributed by atoms with Crippen molar-refractivity contribution in [3.05, 3.63) is 0 Å². The molecule has 0 aliphatic heterocycles. The molecule has 1 aliphatic carbocycles. The first-order valence-corrected chi connectivity index (χ1v) is 6.38. The molecule has 1 saturated carbocycles. The zero-order chi connectivity index (χ0) is 12.8. The Kier molecular flexibility index (Phi) is 5.25. The molecular formula is C12H22N2O3. The first-order chi connectivity index (χ1) is 8.08. The lowest BCUT2D eigenvalue weighted by atomic mass is 10.2. The van der Waals surface area contributed by atoms with Gasteiger partial charge in [0.25, 0.3) is 0 Å². The predicted molar refractivity (Wildman–Crippen MR) is 64.8 cm³/mol. The monoisotopic (exact) mass is 242 g/mol. The fraction of sp³-hybridized carbons (Fsp3) is 0.833. The maximum absolute atomic E-state index is 11.5. The van der Waals surface area contributed by atoms with E-state index in [0.29, 0.717) is 12.3 Å². The fourth-order valence-electron chi connectivity index (χ4n) is 2.03. The molecule has 5 heteroatoms. The number of carbonyl (C=O) groups excluding carboxylic acids is 1. The summed E-state index contributed by atoms with van der Waals surface area (Å²) in [5, 5.41) is 14.2. The van der Waals surface area contributed by atoms with Crippen molar-refractivity contribution in [1.29, 1.82) is 0 Å². The summed E-state index contributed by atoms with van der Waals surface area (Å²) in [4.78, 5) is 22.4. The van der Waals surface area contributed by atoms with Gasteiger partial charge in [-0.3, -0.25) is 0 Å². The van der Waals surface area contributed by atoms with E-state index in [4.69, 9.17) is 5.11 Å². The number of carbonyl (C=O) groups is 2. The van der Waals surface area contributed by atoms with Crippen molar-refractivity contribution in [3.63, 3.8) is 0 Å². The number of amides is 2. The Balaban J connectivity index is 2.26. The number of rotatable bonds is 7. The van der Waals surface area contributed by atoms with Crippen LogP contribution in [-0.2, 0) is 4.79 Å². The van der Waals surface area contributed by atoms with Gasteiger partial charge in [0, 0.05) is 6.04 Å². The molecule has 0 heterocycles. The Labute approximate surface area is 102 Å². The third-order valence-corrected chi connectivity index (χ3v) is 3.08. The largest absolute Gasteiger partial charge is 0.480 e. The molecule has 0 spiro atoms. The van der Waals surface area contributed by atoms with Gasteiger partial charge < -0.3 is 15.7 Å². The Hall–Kier alpha value is -1.26. The number of carboxylic acids is 1. The minimum absolute atomic E-state index is 0.242. The van der Waals surface area contributed by atoms with Gasteiger partial charge in [-0.2, -0.15) is 0 Å². The average molecular weight is 242 g/mol. The average Bonchev–Trinajstić information content (AvgIpc) is 2.96. The van der Waals surface area contributed by atoms with Crippen LogP contribution < -0.4 is 10.6 Å². The maximum atomic E-state index is 11.5. The molecule has 3 atom stereocenters. The van der Waals surface area contributed by atoms with Gasteiger partial charge in [-0.25, -0.2) is 9.59 Å². The molecule has 5 nitrogen and oxygen atoms in total. The van der Waals surface area contributed by atoms with Gasteiger partial charge in [-0.1, -0.05) is 26.7 Å². The van der Waals surface area contributed by atoms with Crippen molar-refractivity contribution in [1.82, 2.24) is 10.6 Å². The van der Waals surface area contributed by atoms with Crippen LogP contribution in [0.1, 0.15) is 46.0 Å². The number of nitrogens with one attached hydrogen (secondary N) is 2. The lowest BCUT2D eigenvalue weighted by molar-refractivity contribution is -0.139. The Bertz CT molecular complexity index is 281. The first kappa shape index (κ1) is 13.8. The van der Waals surface area contributed by atoms with E-state index in [-0.39, 0.29) is 12.1 Å². The molecule has 3 N–H and O–H groups in total. The highest BCUT2D eigenvalue weighted by Crippen LogP contribution is 2.34. The Morgan fingerprint density at radius 3 is 2.59 bits per heavy atom. The van der Waals surface area contributed by atoms with Crippen LogP contribution in [0.3, 0.4) is 0 Å². The standard InChI is InChI=1S/C12H22N2O3/c1-3-5-8-7-10(8)14-12(17)13-9(6-4-2)11(15)16/h8-10H,3-7H2,1-2H3,(H,15,16)(H2,13,14,17)/t8?,9-,10?/m0/s1. The van der Waals surface area contributed by atoms with Crippen LogP contribution in [0, 0.1) is 5.92 Å². The molecule has 0 aromatic rings. The van der Waals surface area contributed by atoms with Gasteiger partial charge in [-0.05, 0) is 25.2 Å². The Morgan fingerprint density at radius 1 is 1.35 bits per heavy atom. The highest BCUT2D eigenvalue weighted by molar-refractivity contribution is 5.82. The number of carboxylic acid groups (broad SMARTS) is 1. The summed E-state index contributed by atoms with van der Waals surface area (Å²) in [6.07, 6.45) is 4.47. The maximum Gasteiger partial charge on any atom is 0.326 e. The topological polar surface area (TPSA) is 78.4 Å². The van der Waals surface area contributed by atoms with Crippen molar-refractivity contribution >= 4 is 12.0 Å². The SMILES string of the molecule is CCCC1CC1NC(=O)N[C@@H](CCC)C(=O)O. The van der Waals surface area contributed by atoms with Crippen LogP contribution in [0.25, 0.3) is 0 Å². The summed E-state index contributed by atoms with van der Waals surface area (Å²) < 4.78 is 0. The lowest BCUT2D eigenvalue weighted by Gasteiger charge is -2.14. The van der Waals surface area contributed by atoms with Crippen LogP contribution in [-0.4, -0.2) is 29.2 Å². The van der Waals surface area contributed by atoms with Crippen LogP contribution in [0.4, 0.5) is 4.79 Å². The molecule has 98 valence electrons.